The van der Waals surface area contributed by atoms with Gasteiger partial charge in [-0.15, -0.1) is 0 Å². The van der Waals surface area contributed by atoms with E-state index in [2.05, 4.69) is 22.6 Å². The summed E-state index contributed by atoms with van der Waals surface area (Å²) in [4.78, 5) is 15.5. The molecule has 4 nitrogen and oxygen atoms in total. The van der Waals surface area contributed by atoms with Crippen molar-refractivity contribution in [3.8, 4) is 11.5 Å². The van der Waals surface area contributed by atoms with Crippen molar-refractivity contribution in [3.63, 3.8) is 0 Å². The van der Waals surface area contributed by atoms with Crippen LogP contribution in [0.15, 0.2) is 17.0 Å². The number of thioether (sulfide) groups is 1. The van der Waals surface area contributed by atoms with Crippen LogP contribution in [0.5, 0.6) is 11.5 Å². The summed E-state index contributed by atoms with van der Waals surface area (Å²) in [6.45, 7) is 5.04. The fourth-order valence-electron chi connectivity index (χ4n) is 3.50. The Labute approximate surface area is 184 Å². The number of thiocarbonyl (C=S) groups is 1. The molecule has 0 aromatic heterocycles. The predicted octanol–water partition coefficient (Wildman–Crippen LogP) is 5.62. The van der Waals surface area contributed by atoms with Crippen molar-refractivity contribution in [1.29, 1.82) is 0 Å². The second-order valence-corrected chi connectivity index (χ2v) is 9.38. The third kappa shape index (κ3) is 4.79. The molecule has 1 heterocycles. The molecule has 2 aliphatic rings. The maximum absolute atomic E-state index is 13.0. The number of amides is 1. The van der Waals surface area contributed by atoms with Crippen LogP contribution in [0.25, 0.3) is 6.08 Å². The Morgan fingerprint density at radius 3 is 2.59 bits per heavy atom. The summed E-state index contributed by atoms with van der Waals surface area (Å²) >= 11 is 9.17. The van der Waals surface area contributed by atoms with Crippen molar-refractivity contribution in [2.75, 3.05) is 13.2 Å². The molecule has 0 atom stereocenters. The predicted molar refractivity (Wildman–Crippen MR) is 123 cm³/mol. The fraction of sp³-hybridized carbons (Fsp3) is 0.500. The topological polar surface area (TPSA) is 38.8 Å². The van der Waals surface area contributed by atoms with E-state index >= 15 is 0 Å². The van der Waals surface area contributed by atoms with Gasteiger partial charge in [0, 0.05) is 6.04 Å². The lowest BCUT2D eigenvalue weighted by atomic mass is 9.94. The Hall–Kier alpha value is -0.800. The number of nitrogens with zero attached hydrogens (tertiary/aromatic N) is 1. The van der Waals surface area contributed by atoms with Crippen molar-refractivity contribution < 1.29 is 14.3 Å². The van der Waals surface area contributed by atoms with Crippen molar-refractivity contribution in [2.45, 2.75) is 52.0 Å². The Morgan fingerprint density at radius 1 is 1.22 bits per heavy atom. The molecule has 0 unspecified atom stereocenters. The largest absolute Gasteiger partial charge is 0.490 e. The van der Waals surface area contributed by atoms with Crippen LogP contribution in [-0.4, -0.2) is 34.4 Å². The molecule has 1 aliphatic heterocycles. The second kappa shape index (κ2) is 9.60. The third-order valence-electron chi connectivity index (χ3n) is 4.68. The number of hydrogen-bond acceptors (Lipinski definition) is 5. The summed E-state index contributed by atoms with van der Waals surface area (Å²) < 4.78 is 13.1. The molecule has 1 amide bonds. The first-order chi connectivity index (χ1) is 13.0. The Bertz CT molecular complexity index is 760. The average Bonchev–Trinajstić information content (AvgIpc) is 2.92. The van der Waals surface area contributed by atoms with Crippen molar-refractivity contribution in [2.24, 2.45) is 0 Å². The monoisotopic (exact) mass is 517 g/mol. The number of halogens is 1. The standard InChI is InChI=1S/C20H24INO3S2/c1-3-24-16-11-13(10-15(21)18(16)25-4-2)12-17-19(23)22(20(26)27-17)14-8-6-5-7-9-14/h10-12,14H,3-9H2,1-2H3/b17-12-. The van der Waals surface area contributed by atoms with Gasteiger partial charge in [-0.1, -0.05) is 43.2 Å². The van der Waals surface area contributed by atoms with E-state index in [4.69, 9.17) is 21.7 Å². The molecular weight excluding hydrogens is 493 g/mol. The lowest BCUT2D eigenvalue weighted by molar-refractivity contribution is -0.124. The lowest BCUT2D eigenvalue weighted by Gasteiger charge is -2.29. The van der Waals surface area contributed by atoms with E-state index in [1.807, 2.05) is 37.0 Å². The molecule has 0 N–H and O–H groups in total. The highest BCUT2D eigenvalue weighted by Crippen LogP contribution is 2.39. The first-order valence-corrected chi connectivity index (χ1v) is 11.7. The van der Waals surface area contributed by atoms with Gasteiger partial charge in [-0.3, -0.25) is 9.69 Å². The van der Waals surface area contributed by atoms with E-state index in [0.717, 1.165) is 27.7 Å². The molecule has 0 radical (unpaired) electrons. The molecule has 0 spiro atoms. The van der Waals surface area contributed by atoms with Crippen LogP contribution in [0.3, 0.4) is 0 Å². The number of carbonyl (C=O) groups excluding carboxylic acids is 1. The first-order valence-electron chi connectivity index (χ1n) is 9.41. The van der Waals surface area contributed by atoms with Crippen LogP contribution in [0, 0.1) is 3.57 Å². The van der Waals surface area contributed by atoms with Gasteiger partial charge >= 0.3 is 0 Å². The zero-order chi connectivity index (χ0) is 19.4. The number of hydrogen-bond donors (Lipinski definition) is 0. The van der Waals surface area contributed by atoms with Gasteiger partial charge < -0.3 is 9.47 Å². The first kappa shape index (κ1) is 20.9. The molecule has 3 rings (SSSR count). The number of rotatable bonds is 6. The second-order valence-electron chi connectivity index (χ2n) is 6.54. The number of ether oxygens (including phenoxy) is 2. The summed E-state index contributed by atoms with van der Waals surface area (Å²) in [6.07, 6.45) is 7.63. The van der Waals surface area contributed by atoms with Gasteiger partial charge in [0.15, 0.2) is 11.5 Å². The molecule has 1 saturated carbocycles. The van der Waals surface area contributed by atoms with Crippen molar-refractivity contribution in [1.82, 2.24) is 4.90 Å². The van der Waals surface area contributed by atoms with Gasteiger partial charge in [-0.25, -0.2) is 0 Å². The third-order valence-corrected chi connectivity index (χ3v) is 6.81. The highest BCUT2D eigenvalue weighted by molar-refractivity contribution is 14.1. The Kier molecular flexibility index (Phi) is 7.44. The molecule has 7 heteroatoms. The van der Waals surface area contributed by atoms with E-state index < -0.39 is 0 Å². The summed E-state index contributed by atoms with van der Waals surface area (Å²) in [5.41, 5.74) is 0.926. The van der Waals surface area contributed by atoms with E-state index in [-0.39, 0.29) is 11.9 Å². The highest BCUT2D eigenvalue weighted by Gasteiger charge is 2.37. The molecular formula is C20H24INO3S2. The van der Waals surface area contributed by atoms with Gasteiger partial charge in [0.2, 0.25) is 0 Å². The van der Waals surface area contributed by atoms with Crippen molar-refractivity contribution >= 4 is 62.9 Å². The van der Waals surface area contributed by atoms with Gasteiger partial charge in [0.1, 0.15) is 4.32 Å². The zero-order valence-corrected chi connectivity index (χ0v) is 19.4. The van der Waals surface area contributed by atoms with Gasteiger partial charge in [0.05, 0.1) is 21.7 Å². The summed E-state index contributed by atoms with van der Waals surface area (Å²) in [5, 5.41) is 0. The van der Waals surface area contributed by atoms with Crippen LogP contribution in [0.1, 0.15) is 51.5 Å². The van der Waals surface area contributed by atoms with Gasteiger partial charge in [-0.05, 0) is 73.1 Å². The van der Waals surface area contributed by atoms with Crippen LogP contribution >= 0.6 is 46.6 Å². The summed E-state index contributed by atoms with van der Waals surface area (Å²) in [7, 11) is 0. The smallest absolute Gasteiger partial charge is 0.266 e. The maximum atomic E-state index is 13.0. The molecule has 1 aromatic carbocycles. The molecule has 0 bridgehead atoms. The minimum absolute atomic E-state index is 0.0405. The van der Waals surface area contributed by atoms with Gasteiger partial charge in [-0.2, -0.15) is 0 Å². The van der Waals surface area contributed by atoms with Crippen molar-refractivity contribution in [3.05, 3.63) is 26.2 Å². The normalized spacial score (nSPS) is 19.8. The summed E-state index contributed by atoms with van der Waals surface area (Å²) in [6, 6.07) is 4.21. The minimum Gasteiger partial charge on any atom is -0.490 e. The van der Waals surface area contributed by atoms with Crippen LogP contribution in [0.2, 0.25) is 0 Å². The average molecular weight is 517 g/mol. The maximum Gasteiger partial charge on any atom is 0.266 e. The van der Waals surface area contributed by atoms with E-state index in [0.29, 0.717) is 28.2 Å². The lowest BCUT2D eigenvalue weighted by Crippen LogP contribution is -2.39. The quantitative estimate of drug-likeness (QED) is 0.278. The zero-order valence-electron chi connectivity index (χ0n) is 15.6. The van der Waals surface area contributed by atoms with Gasteiger partial charge in [0.25, 0.3) is 5.91 Å². The van der Waals surface area contributed by atoms with E-state index in [1.54, 1.807) is 0 Å². The fourth-order valence-corrected chi connectivity index (χ4v) is 5.69. The van der Waals surface area contributed by atoms with Crippen LogP contribution in [0.4, 0.5) is 0 Å². The van der Waals surface area contributed by atoms with E-state index in [9.17, 15) is 4.79 Å². The Morgan fingerprint density at radius 2 is 1.93 bits per heavy atom. The van der Waals surface area contributed by atoms with Crippen LogP contribution < -0.4 is 9.47 Å². The molecule has 1 aliphatic carbocycles. The summed E-state index contributed by atoms with van der Waals surface area (Å²) in [5.74, 6) is 1.51. The number of benzene rings is 1. The van der Waals surface area contributed by atoms with E-state index in [1.165, 1.54) is 31.0 Å². The Balaban J connectivity index is 1.87. The molecule has 1 aromatic rings. The molecule has 146 valence electrons. The number of carbonyl (C=O) groups is 1. The molecule has 2 fully saturated rings. The minimum atomic E-state index is 0.0405. The van der Waals surface area contributed by atoms with Crippen LogP contribution in [-0.2, 0) is 4.79 Å². The molecule has 27 heavy (non-hydrogen) atoms. The highest BCUT2D eigenvalue weighted by atomic mass is 127. The SMILES string of the molecule is CCOc1cc(/C=C2\SC(=S)N(C3CCCCC3)C2=O)cc(I)c1OCC. The molecule has 1 saturated heterocycles.